The van der Waals surface area contributed by atoms with Crippen molar-refractivity contribution in [3.8, 4) is 17.6 Å². The second kappa shape index (κ2) is 27.8. The van der Waals surface area contributed by atoms with Crippen molar-refractivity contribution in [1.82, 2.24) is 34.7 Å². The molecule has 0 bridgehead atoms. The van der Waals surface area contributed by atoms with Crippen LogP contribution < -0.4 is 14.7 Å². The quantitative estimate of drug-likeness (QED) is 0.0675. The molecule has 344 valence electrons. The fourth-order valence-corrected chi connectivity index (χ4v) is 5.00. The number of aromatic nitrogens is 7. The molecule has 0 amide bonds. The third-order valence-electron chi connectivity index (χ3n) is 7.20. The van der Waals surface area contributed by atoms with Crippen molar-refractivity contribution >= 4 is 26.7 Å². The van der Waals surface area contributed by atoms with Crippen molar-refractivity contribution < 1.29 is 45.6 Å². The first kappa shape index (κ1) is 57.0. The first-order chi connectivity index (χ1) is 28.9. The monoisotopic (exact) mass is 920 g/mol. The molecule has 0 aliphatic carbocycles. The summed E-state index contributed by atoms with van der Waals surface area (Å²) in [6, 6.07) is 22.1. The van der Waals surface area contributed by atoms with Crippen molar-refractivity contribution in [2.24, 2.45) is 0 Å². The van der Waals surface area contributed by atoms with Gasteiger partial charge in [0.2, 0.25) is 5.88 Å². The Balaban J connectivity index is 0.000000744. The van der Waals surface area contributed by atoms with Crippen LogP contribution in [0.1, 0.15) is 52.8 Å². The van der Waals surface area contributed by atoms with Crippen LogP contribution in [0.15, 0.2) is 96.2 Å². The first-order valence-electron chi connectivity index (χ1n) is 18.0. The summed E-state index contributed by atoms with van der Waals surface area (Å²) in [6.45, 7) is 13.3. The highest BCUT2D eigenvalue weighted by Crippen LogP contribution is 2.28. The van der Waals surface area contributed by atoms with Gasteiger partial charge >= 0.3 is 12.2 Å². The molecule has 3 aromatic carbocycles. The summed E-state index contributed by atoms with van der Waals surface area (Å²) in [5, 5.41) is 23.4. The Labute approximate surface area is 370 Å². The average molecular weight is 921 g/mol. The van der Waals surface area contributed by atoms with Crippen LogP contribution in [0.3, 0.4) is 0 Å². The highest BCUT2D eigenvalue weighted by molar-refractivity contribution is 7.95. The molecule has 16 nitrogen and oxygen atoms in total. The van der Waals surface area contributed by atoms with E-state index in [-0.39, 0.29) is 13.1 Å². The molecule has 0 saturated heterocycles. The molecule has 63 heavy (non-hydrogen) atoms. The van der Waals surface area contributed by atoms with E-state index in [1.807, 2.05) is 40.8 Å². The molecular weight excluding hydrogens is 866 g/mol. The third kappa shape index (κ3) is 24.3. The molecule has 0 fully saturated rings. The fraction of sp³-hybridized carbons (Fsp3) is 0.333. The van der Waals surface area contributed by atoms with Crippen LogP contribution >= 0.6 is 0 Å². The summed E-state index contributed by atoms with van der Waals surface area (Å²) < 4.78 is 68.8. The van der Waals surface area contributed by atoms with Gasteiger partial charge in [-0.05, 0) is 90.4 Å². The van der Waals surface area contributed by atoms with E-state index in [2.05, 4.69) is 78.1 Å². The zero-order chi connectivity index (χ0) is 47.2. The number of benzene rings is 3. The van der Waals surface area contributed by atoms with Crippen LogP contribution in [0.2, 0.25) is 0 Å². The SMILES string of the molecule is C.COc1cc(C)nc(OC)n1.CS(=O)(=O)O[O-].Cc1ccc(C(F)(F)F)cc1.Cc1ccc([S+](C)C)cc1.Cc1cnn(-c2ccc([N+](=O)[O-])cc2)c1.Cc1nc(C)nc(C)n1. The van der Waals surface area contributed by atoms with Gasteiger partial charge in [-0.2, -0.15) is 23.3 Å². The Bertz CT molecular complexity index is 2300. The maximum Gasteiger partial charge on any atom is 0.416 e. The summed E-state index contributed by atoms with van der Waals surface area (Å²) in [5.41, 5.74) is 4.36. The zero-order valence-corrected chi connectivity index (χ0v) is 38.1. The Morgan fingerprint density at radius 3 is 1.52 bits per heavy atom. The summed E-state index contributed by atoms with van der Waals surface area (Å²) in [5.74, 6) is 2.90. The van der Waals surface area contributed by atoms with Gasteiger partial charge in [-0.25, -0.2) is 33.0 Å². The summed E-state index contributed by atoms with van der Waals surface area (Å²) in [4.78, 5) is 31.4. The number of alkyl halides is 3. The molecule has 21 heteroatoms. The molecule has 6 aromatic rings. The minimum absolute atomic E-state index is 0. The number of nitrogens with zero attached hydrogens (tertiary/aromatic N) is 8. The lowest BCUT2D eigenvalue weighted by Crippen LogP contribution is -2.12. The highest BCUT2D eigenvalue weighted by Gasteiger charge is 2.29. The summed E-state index contributed by atoms with van der Waals surface area (Å²) in [6.07, 6.45) is 4.55. The zero-order valence-electron chi connectivity index (χ0n) is 36.5. The molecule has 0 spiro atoms. The van der Waals surface area contributed by atoms with Crippen LogP contribution in [0, 0.1) is 58.6 Å². The number of nitro benzene ring substituents is 1. The lowest BCUT2D eigenvalue weighted by molar-refractivity contribution is -0.634. The minimum Gasteiger partial charge on any atom is -0.707 e. The molecule has 0 atom stereocenters. The third-order valence-corrected chi connectivity index (χ3v) is 8.67. The van der Waals surface area contributed by atoms with E-state index in [4.69, 9.17) is 14.7 Å². The number of halogens is 3. The van der Waals surface area contributed by atoms with Gasteiger partial charge in [-0.15, -0.1) is 0 Å². The summed E-state index contributed by atoms with van der Waals surface area (Å²) >= 11 is 0. The lowest BCUT2D eigenvalue weighted by atomic mass is 10.1. The number of ether oxygens (including phenoxy) is 2. The van der Waals surface area contributed by atoms with Gasteiger partial charge in [0.05, 0.1) is 42.8 Å². The molecule has 0 unspecified atom stereocenters. The minimum atomic E-state index is -4.21. The van der Waals surface area contributed by atoms with Crippen molar-refractivity contribution in [2.75, 3.05) is 33.0 Å². The number of hydrogen-bond acceptors (Lipinski definition) is 14. The first-order valence-corrected chi connectivity index (χ1v) is 21.9. The molecule has 6 rings (SSSR count). The van der Waals surface area contributed by atoms with Crippen LogP contribution in [0.25, 0.3) is 5.69 Å². The second-order valence-electron chi connectivity index (χ2n) is 13.0. The lowest BCUT2D eigenvalue weighted by Gasteiger charge is -2.05. The van der Waals surface area contributed by atoms with Crippen molar-refractivity contribution in [3.63, 3.8) is 0 Å². The topological polar surface area (TPSA) is 210 Å². The number of non-ortho nitro benzene ring substituents is 1. The van der Waals surface area contributed by atoms with Gasteiger partial charge in [0.15, 0.2) is 4.90 Å². The van der Waals surface area contributed by atoms with Crippen molar-refractivity contribution in [2.45, 2.75) is 67.0 Å². The highest BCUT2D eigenvalue weighted by atomic mass is 32.2. The number of hydrogen-bond donors (Lipinski definition) is 0. The number of rotatable bonds is 6. The Hall–Kier alpha value is -6.03. The Morgan fingerprint density at radius 1 is 0.714 bits per heavy atom. The maximum atomic E-state index is 11.9. The van der Waals surface area contributed by atoms with E-state index in [0.29, 0.717) is 29.0 Å². The molecule has 3 heterocycles. The van der Waals surface area contributed by atoms with Gasteiger partial charge in [0, 0.05) is 41.0 Å². The van der Waals surface area contributed by atoms with Crippen LogP contribution in [-0.4, -0.2) is 81.0 Å². The number of methoxy groups -OCH3 is 2. The Kier molecular flexibility index (Phi) is 25.2. The van der Waals surface area contributed by atoms with E-state index < -0.39 is 26.8 Å². The molecule has 0 aliphatic rings. The molecule has 0 N–H and O–H groups in total. The molecular formula is C42H55F3N8O8S2. The Morgan fingerprint density at radius 2 is 1.17 bits per heavy atom. The fourth-order valence-electron chi connectivity index (χ4n) is 4.32. The van der Waals surface area contributed by atoms with Gasteiger partial charge in [0.25, 0.3) is 15.8 Å². The van der Waals surface area contributed by atoms with E-state index in [9.17, 15) is 31.7 Å². The predicted octanol–water partition coefficient (Wildman–Crippen LogP) is 7.81. The largest absolute Gasteiger partial charge is 0.707 e. The number of aryl methyl sites for hydroxylation is 7. The smallest absolute Gasteiger partial charge is 0.416 e. The maximum absolute atomic E-state index is 11.9. The van der Waals surface area contributed by atoms with Crippen molar-refractivity contribution in [3.05, 3.63) is 147 Å². The van der Waals surface area contributed by atoms with Crippen molar-refractivity contribution in [1.29, 1.82) is 0 Å². The van der Waals surface area contributed by atoms with Crippen LogP contribution in [0.4, 0.5) is 18.9 Å². The van der Waals surface area contributed by atoms with Crippen LogP contribution in [0.5, 0.6) is 11.9 Å². The van der Waals surface area contributed by atoms with E-state index in [0.717, 1.165) is 52.1 Å². The van der Waals surface area contributed by atoms with Gasteiger partial charge in [0.1, 0.15) is 30.0 Å². The number of nitro groups is 1. The van der Waals surface area contributed by atoms with Gasteiger partial charge in [-0.1, -0.05) is 42.8 Å². The predicted molar refractivity (Wildman–Crippen MR) is 236 cm³/mol. The summed E-state index contributed by atoms with van der Waals surface area (Å²) in [7, 11) is -0.226. The van der Waals surface area contributed by atoms with E-state index in [1.165, 1.54) is 41.8 Å². The second-order valence-corrected chi connectivity index (χ2v) is 16.7. The molecule has 0 aliphatic heterocycles. The van der Waals surface area contributed by atoms with E-state index >= 15 is 0 Å². The average Bonchev–Trinajstić information content (AvgIpc) is 3.64. The molecule has 3 aromatic heterocycles. The van der Waals surface area contributed by atoms with Gasteiger partial charge < -0.3 is 19.1 Å². The van der Waals surface area contributed by atoms with Crippen LogP contribution in [-0.2, 0) is 31.5 Å². The molecule has 0 radical (unpaired) electrons. The standard InChI is InChI=1S/C10H9N3O2.C9H13S.C8H7F3.C7H10N2O2.C6H9N3.CH4O4S.CH4/c1-8-6-11-12(7-8)9-2-4-10(5-3-9)13(14)15;1-8-4-6-9(7-5-8)10(2)3;1-6-2-4-7(5-3-6)8(9,10)11;1-5-4-6(10-2)9-7(8-5)11-3;1-4-7-5(2)9-6(3)8-4;1-6(3,4)5-2;/h2-7H,1H3;4-7H,1-3H3;2-5H,1H3;4H,1-3H3;1-3H3;2H,1H3;1H4/q;+1;;;;;/p-1. The van der Waals surface area contributed by atoms with E-state index in [1.54, 1.807) is 43.1 Å². The normalized spacial score (nSPS) is 10.2. The molecule has 0 saturated carbocycles. The van der Waals surface area contributed by atoms with Gasteiger partial charge in [-0.3, -0.25) is 10.1 Å².